The van der Waals surface area contributed by atoms with Crippen LogP contribution in [0.4, 0.5) is 5.69 Å². The van der Waals surface area contributed by atoms with Gasteiger partial charge < -0.3 is 15.0 Å². The summed E-state index contributed by atoms with van der Waals surface area (Å²) in [5.41, 5.74) is 2.82. The van der Waals surface area contributed by atoms with E-state index in [2.05, 4.69) is 5.32 Å². The minimum atomic E-state index is -0.357. The largest absolute Gasteiger partial charge is 0.497 e. The Morgan fingerprint density at radius 1 is 1.27 bits per heavy atom. The Hall–Kier alpha value is -2.53. The highest BCUT2D eigenvalue weighted by Gasteiger charge is 2.35. The molecule has 1 atom stereocenters. The lowest BCUT2D eigenvalue weighted by molar-refractivity contribution is -0.126. The van der Waals surface area contributed by atoms with Crippen molar-refractivity contribution in [3.63, 3.8) is 0 Å². The number of aryl methyl sites for hydroxylation is 1. The molecule has 1 saturated heterocycles. The van der Waals surface area contributed by atoms with E-state index in [4.69, 9.17) is 16.3 Å². The van der Waals surface area contributed by atoms with E-state index in [9.17, 15) is 9.59 Å². The van der Waals surface area contributed by atoms with Gasteiger partial charge in [-0.1, -0.05) is 17.7 Å². The summed E-state index contributed by atoms with van der Waals surface area (Å²) in [6.07, 6.45) is 0.215. The van der Waals surface area contributed by atoms with Gasteiger partial charge in [-0.2, -0.15) is 0 Å². The standard InChI is InChI=1S/C20H21ClN2O3/c1-13-3-4-16(21)9-14(13)11-22-20(25)15-10-19(24)23(12-15)17-5-7-18(26-2)8-6-17/h3-9,15H,10-12H2,1-2H3,(H,22,25). The molecule has 1 N–H and O–H groups in total. The molecule has 2 amide bonds. The van der Waals surface area contributed by atoms with E-state index in [1.165, 1.54) is 0 Å². The van der Waals surface area contributed by atoms with E-state index in [-0.39, 0.29) is 24.2 Å². The molecule has 0 aliphatic carbocycles. The molecular formula is C20H21ClN2O3. The number of benzene rings is 2. The number of carbonyl (C=O) groups excluding carboxylic acids is 2. The molecule has 1 aliphatic heterocycles. The Bertz CT molecular complexity index is 820. The van der Waals surface area contributed by atoms with Crippen molar-refractivity contribution in [1.82, 2.24) is 5.32 Å². The zero-order valence-corrected chi connectivity index (χ0v) is 15.5. The van der Waals surface area contributed by atoms with Crippen molar-refractivity contribution in [2.24, 2.45) is 5.92 Å². The quantitative estimate of drug-likeness (QED) is 0.875. The van der Waals surface area contributed by atoms with Crippen LogP contribution in [0.3, 0.4) is 0 Å². The Morgan fingerprint density at radius 3 is 2.69 bits per heavy atom. The summed E-state index contributed by atoms with van der Waals surface area (Å²) < 4.78 is 5.13. The molecular weight excluding hydrogens is 352 g/mol. The Morgan fingerprint density at radius 2 is 2.00 bits per heavy atom. The van der Waals surface area contributed by atoms with Gasteiger partial charge in [0.2, 0.25) is 11.8 Å². The molecule has 2 aromatic carbocycles. The number of hydrogen-bond donors (Lipinski definition) is 1. The first-order valence-electron chi connectivity index (χ1n) is 8.45. The van der Waals surface area contributed by atoms with Gasteiger partial charge in [0.25, 0.3) is 0 Å². The van der Waals surface area contributed by atoms with Crippen LogP contribution in [0.25, 0.3) is 0 Å². The number of nitrogens with zero attached hydrogens (tertiary/aromatic N) is 1. The third-order valence-corrected chi connectivity index (χ3v) is 4.88. The maximum absolute atomic E-state index is 12.5. The molecule has 0 spiro atoms. The first-order valence-corrected chi connectivity index (χ1v) is 8.83. The van der Waals surface area contributed by atoms with Crippen molar-refractivity contribution < 1.29 is 14.3 Å². The molecule has 6 heteroatoms. The smallest absolute Gasteiger partial charge is 0.227 e. The Labute approximate surface area is 157 Å². The van der Waals surface area contributed by atoms with Crippen molar-refractivity contribution in [3.05, 3.63) is 58.6 Å². The Kier molecular flexibility index (Phi) is 5.47. The lowest BCUT2D eigenvalue weighted by atomic mass is 10.1. The number of nitrogens with one attached hydrogen (secondary N) is 1. The molecule has 0 radical (unpaired) electrons. The Balaban J connectivity index is 1.62. The van der Waals surface area contributed by atoms with Crippen molar-refractivity contribution in [2.45, 2.75) is 19.9 Å². The van der Waals surface area contributed by atoms with Crippen LogP contribution in [-0.2, 0) is 16.1 Å². The van der Waals surface area contributed by atoms with Crippen LogP contribution in [0.2, 0.25) is 5.02 Å². The van der Waals surface area contributed by atoms with E-state index in [0.29, 0.717) is 18.1 Å². The average molecular weight is 373 g/mol. The molecule has 1 fully saturated rings. The maximum atomic E-state index is 12.5. The third-order valence-electron chi connectivity index (χ3n) is 4.64. The van der Waals surface area contributed by atoms with E-state index < -0.39 is 0 Å². The third kappa shape index (κ3) is 3.99. The zero-order valence-electron chi connectivity index (χ0n) is 14.8. The van der Waals surface area contributed by atoms with Crippen LogP contribution >= 0.6 is 11.6 Å². The molecule has 5 nitrogen and oxygen atoms in total. The van der Waals surface area contributed by atoms with E-state index in [0.717, 1.165) is 22.6 Å². The highest BCUT2D eigenvalue weighted by atomic mass is 35.5. The first-order chi connectivity index (χ1) is 12.5. The van der Waals surface area contributed by atoms with Gasteiger partial charge in [-0.05, 0) is 54.4 Å². The summed E-state index contributed by atoms with van der Waals surface area (Å²) in [5.74, 6) is 0.207. The monoisotopic (exact) mass is 372 g/mol. The maximum Gasteiger partial charge on any atom is 0.227 e. The number of hydrogen-bond acceptors (Lipinski definition) is 3. The molecule has 26 heavy (non-hydrogen) atoms. The average Bonchev–Trinajstić information content (AvgIpc) is 3.04. The molecule has 0 bridgehead atoms. The predicted octanol–water partition coefficient (Wildman–Crippen LogP) is 3.33. The van der Waals surface area contributed by atoms with Crippen LogP contribution in [0, 0.1) is 12.8 Å². The molecule has 1 aliphatic rings. The van der Waals surface area contributed by atoms with Crippen molar-refractivity contribution >= 4 is 29.1 Å². The van der Waals surface area contributed by atoms with Crippen LogP contribution in [0.1, 0.15) is 17.5 Å². The van der Waals surface area contributed by atoms with E-state index >= 15 is 0 Å². The second-order valence-corrected chi connectivity index (χ2v) is 6.83. The fourth-order valence-electron chi connectivity index (χ4n) is 3.05. The lowest BCUT2D eigenvalue weighted by Crippen LogP contribution is -2.32. The second-order valence-electron chi connectivity index (χ2n) is 6.39. The van der Waals surface area contributed by atoms with Crippen molar-refractivity contribution in [2.75, 3.05) is 18.6 Å². The van der Waals surface area contributed by atoms with Crippen molar-refractivity contribution in [1.29, 1.82) is 0 Å². The molecule has 1 heterocycles. The summed E-state index contributed by atoms with van der Waals surface area (Å²) in [4.78, 5) is 26.5. The number of ether oxygens (including phenoxy) is 1. The molecule has 136 valence electrons. The molecule has 0 saturated carbocycles. The van der Waals surface area contributed by atoms with E-state index in [1.54, 1.807) is 24.1 Å². The second kappa shape index (κ2) is 7.79. The molecule has 1 unspecified atom stereocenters. The number of amides is 2. The van der Waals surface area contributed by atoms with Crippen LogP contribution in [0.15, 0.2) is 42.5 Å². The minimum Gasteiger partial charge on any atom is -0.497 e. The minimum absolute atomic E-state index is 0.0470. The van der Waals surface area contributed by atoms with Gasteiger partial charge in [0, 0.05) is 30.2 Å². The highest BCUT2D eigenvalue weighted by molar-refractivity contribution is 6.30. The normalized spacial score (nSPS) is 16.7. The van der Waals surface area contributed by atoms with Crippen LogP contribution in [-0.4, -0.2) is 25.5 Å². The zero-order chi connectivity index (χ0) is 18.7. The fourth-order valence-corrected chi connectivity index (χ4v) is 3.25. The van der Waals surface area contributed by atoms with Crippen LogP contribution < -0.4 is 15.0 Å². The van der Waals surface area contributed by atoms with Gasteiger partial charge in [0.1, 0.15) is 5.75 Å². The van der Waals surface area contributed by atoms with Gasteiger partial charge in [0.15, 0.2) is 0 Å². The summed E-state index contributed by atoms with van der Waals surface area (Å²) in [6, 6.07) is 12.9. The first kappa shape index (κ1) is 18.3. The van der Waals surface area contributed by atoms with Gasteiger partial charge in [-0.3, -0.25) is 9.59 Å². The number of methoxy groups -OCH3 is 1. The molecule has 3 rings (SSSR count). The summed E-state index contributed by atoms with van der Waals surface area (Å²) in [6.45, 7) is 2.76. The topological polar surface area (TPSA) is 58.6 Å². The summed E-state index contributed by atoms with van der Waals surface area (Å²) >= 11 is 6.01. The van der Waals surface area contributed by atoms with Gasteiger partial charge in [0.05, 0.1) is 13.0 Å². The predicted molar refractivity (Wildman–Crippen MR) is 101 cm³/mol. The molecule has 2 aromatic rings. The molecule has 0 aromatic heterocycles. The fraction of sp³-hybridized carbons (Fsp3) is 0.300. The summed E-state index contributed by atoms with van der Waals surface area (Å²) in [5, 5.41) is 3.56. The SMILES string of the molecule is COc1ccc(N2CC(C(=O)NCc3cc(Cl)ccc3C)CC2=O)cc1. The number of anilines is 1. The van der Waals surface area contributed by atoms with Gasteiger partial charge >= 0.3 is 0 Å². The van der Waals surface area contributed by atoms with Crippen molar-refractivity contribution in [3.8, 4) is 5.75 Å². The number of halogens is 1. The summed E-state index contributed by atoms with van der Waals surface area (Å²) in [7, 11) is 1.60. The van der Waals surface area contributed by atoms with Gasteiger partial charge in [-0.25, -0.2) is 0 Å². The number of carbonyl (C=O) groups is 2. The van der Waals surface area contributed by atoms with Gasteiger partial charge in [-0.15, -0.1) is 0 Å². The van der Waals surface area contributed by atoms with Crippen LogP contribution in [0.5, 0.6) is 5.75 Å². The number of rotatable bonds is 5. The lowest BCUT2D eigenvalue weighted by Gasteiger charge is -2.17. The highest BCUT2D eigenvalue weighted by Crippen LogP contribution is 2.27. The van der Waals surface area contributed by atoms with E-state index in [1.807, 2.05) is 37.3 Å².